The lowest BCUT2D eigenvalue weighted by molar-refractivity contribution is -0.135. The van der Waals surface area contributed by atoms with E-state index in [-0.39, 0.29) is 43.7 Å². The number of nitrogens with one attached hydrogen (secondary N) is 1. The quantitative estimate of drug-likeness (QED) is 0.349. The number of thiophene rings is 1. The summed E-state index contributed by atoms with van der Waals surface area (Å²) >= 11 is 7.32. The molecule has 2 aliphatic rings. The summed E-state index contributed by atoms with van der Waals surface area (Å²) in [5.74, 6) is -1.70. The van der Waals surface area contributed by atoms with E-state index in [1.54, 1.807) is 30.2 Å². The number of halogens is 2. The summed E-state index contributed by atoms with van der Waals surface area (Å²) in [5, 5.41) is 4.05. The van der Waals surface area contributed by atoms with Crippen LogP contribution < -0.4 is 14.4 Å². The van der Waals surface area contributed by atoms with Gasteiger partial charge >= 0.3 is 0 Å². The maximum atomic E-state index is 14.9. The van der Waals surface area contributed by atoms with E-state index in [1.807, 2.05) is 0 Å². The number of nitrogens with zero attached hydrogens (tertiary/aromatic N) is 3. The van der Waals surface area contributed by atoms with Crippen LogP contribution in [-0.2, 0) is 35.5 Å². The zero-order valence-corrected chi connectivity index (χ0v) is 25.8. The van der Waals surface area contributed by atoms with Crippen LogP contribution in [0, 0.1) is 5.82 Å². The van der Waals surface area contributed by atoms with Crippen molar-refractivity contribution >= 4 is 50.5 Å². The molecule has 0 aliphatic carbocycles. The lowest BCUT2D eigenvalue weighted by Gasteiger charge is -2.33. The van der Waals surface area contributed by atoms with Gasteiger partial charge in [0.25, 0.3) is 5.91 Å². The summed E-state index contributed by atoms with van der Waals surface area (Å²) in [6.07, 6.45) is 1.01. The molecule has 4 heterocycles. The van der Waals surface area contributed by atoms with Gasteiger partial charge in [-0.25, -0.2) is 12.8 Å². The first kappa shape index (κ1) is 31.3. The summed E-state index contributed by atoms with van der Waals surface area (Å²) in [5.41, 5.74) is 0.259. The smallest absolute Gasteiger partial charge is 0.253 e. The van der Waals surface area contributed by atoms with Gasteiger partial charge in [-0.1, -0.05) is 16.8 Å². The fourth-order valence-corrected chi connectivity index (χ4v) is 7.45. The summed E-state index contributed by atoms with van der Waals surface area (Å²) in [6.45, 7) is 0.737. The highest BCUT2D eigenvalue weighted by Crippen LogP contribution is 2.37. The van der Waals surface area contributed by atoms with E-state index >= 15 is 0 Å². The average molecular weight is 657 g/mol. The zero-order valence-electron chi connectivity index (χ0n) is 23.4. The molecule has 3 aromatic rings. The number of ether oxygens (including phenoxy) is 3. The normalized spacial score (nSPS) is 17.3. The third kappa shape index (κ3) is 7.02. The van der Waals surface area contributed by atoms with Gasteiger partial charge in [0.2, 0.25) is 15.9 Å². The van der Waals surface area contributed by atoms with Crippen LogP contribution in [-0.4, -0.2) is 89.5 Å². The number of carbonyl (C=O) groups excluding carboxylic acids is 2. The molecule has 5 rings (SSSR count). The second-order valence-electron chi connectivity index (χ2n) is 9.98. The van der Waals surface area contributed by atoms with E-state index in [0.717, 1.165) is 12.1 Å². The van der Waals surface area contributed by atoms with Crippen LogP contribution in [0.4, 0.5) is 10.1 Å². The van der Waals surface area contributed by atoms with Crippen LogP contribution in [0.5, 0.6) is 5.75 Å². The standard InChI is InChI=1S/C27H30ClFN4O8S2/c1-38-18-5-7-32(8-6-18)27(35)19(13-17-14-21(41-30-17)22-3-4-24(28)42-22)31-43(36,37)23-12-16(29)11-20(26(23)39-2)33-9-10-40-15-25(33)34/h3-4,11-12,14,18-19,31H,5-10,13,15H2,1-2H3/t19-/m0/s1. The molecule has 2 fully saturated rings. The second kappa shape index (κ2) is 13.3. The van der Waals surface area contributed by atoms with E-state index < -0.39 is 38.6 Å². The van der Waals surface area contributed by atoms with Gasteiger partial charge < -0.3 is 28.5 Å². The first-order chi connectivity index (χ1) is 20.6. The fraction of sp³-hybridized carbons (Fsp3) is 0.444. The maximum Gasteiger partial charge on any atom is 0.253 e. The van der Waals surface area contributed by atoms with Crippen molar-refractivity contribution in [3.63, 3.8) is 0 Å². The van der Waals surface area contributed by atoms with Crippen LogP contribution in [0.2, 0.25) is 4.34 Å². The molecule has 0 bridgehead atoms. The van der Waals surface area contributed by atoms with Gasteiger partial charge in [-0.3, -0.25) is 9.59 Å². The van der Waals surface area contributed by atoms with Gasteiger partial charge in [-0.15, -0.1) is 11.3 Å². The number of carbonyl (C=O) groups is 2. The zero-order chi connectivity index (χ0) is 30.7. The Morgan fingerprint density at radius 1 is 1.23 bits per heavy atom. The molecule has 232 valence electrons. The third-order valence-electron chi connectivity index (χ3n) is 7.24. The highest BCUT2D eigenvalue weighted by atomic mass is 35.5. The molecule has 16 heteroatoms. The number of morpholine rings is 1. The molecule has 12 nitrogen and oxygen atoms in total. The molecular formula is C27H30ClFN4O8S2. The van der Waals surface area contributed by atoms with Crippen molar-refractivity contribution in [2.24, 2.45) is 0 Å². The number of amides is 2. The molecule has 0 spiro atoms. The van der Waals surface area contributed by atoms with E-state index in [0.29, 0.717) is 46.6 Å². The van der Waals surface area contributed by atoms with Crippen molar-refractivity contribution in [2.45, 2.75) is 36.3 Å². The Kier molecular flexibility index (Phi) is 9.68. The number of hydrogen-bond acceptors (Lipinski definition) is 10. The van der Waals surface area contributed by atoms with Crippen molar-refractivity contribution in [1.29, 1.82) is 0 Å². The molecular weight excluding hydrogens is 627 g/mol. The molecule has 2 amide bonds. The monoisotopic (exact) mass is 656 g/mol. The highest BCUT2D eigenvalue weighted by Gasteiger charge is 2.36. The van der Waals surface area contributed by atoms with Gasteiger partial charge in [0.05, 0.1) is 40.4 Å². The third-order valence-corrected chi connectivity index (χ3v) is 9.96. The maximum absolute atomic E-state index is 14.9. The van der Waals surface area contributed by atoms with Gasteiger partial charge in [0, 0.05) is 45.3 Å². The average Bonchev–Trinajstić information content (AvgIpc) is 3.65. The Bertz CT molecular complexity index is 1590. The molecule has 43 heavy (non-hydrogen) atoms. The molecule has 1 N–H and O–H groups in total. The summed E-state index contributed by atoms with van der Waals surface area (Å²) in [6, 6.07) is 5.57. The first-order valence-electron chi connectivity index (χ1n) is 13.4. The lowest BCUT2D eigenvalue weighted by atomic mass is 10.1. The molecule has 2 aliphatic heterocycles. The van der Waals surface area contributed by atoms with Crippen molar-refractivity contribution in [3.05, 3.63) is 46.2 Å². The molecule has 1 atom stereocenters. The molecule has 1 aromatic carbocycles. The number of hydrogen-bond donors (Lipinski definition) is 1. The van der Waals surface area contributed by atoms with Crippen LogP contribution >= 0.6 is 22.9 Å². The molecule has 2 saturated heterocycles. The Balaban J connectivity index is 1.47. The number of methoxy groups -OCH3 is 2. The summed E-state index contributed by atoms with van der Waals surface area (Å²) in [4.78, 5) is 29.2. The molecule has 2 aromatic heterocycles. The van der Waals surface area contributed by atoms with Crippen LogP contribution in [0.25, 0.3) is 10.6 Å². The van der Waals surface area contributed by atoms with Gasteiger partial charge in [0.15, 0.2) is 11.5 Å². The van der Waals surface area contributed by atoms with Crippen LogP contribution in [0.3, 0.4) is 0 Å². The molecule has 0 saturated carbocycles. The van der Waals surface area contributed by atoms with E-state index in [9.17, 15) is 22.4 Å². The van der Waals surface area contributed by atoms with E-state index in [4.69, 9.17) is 30.3 Å². The Labute approximate surface area is 256 Å². The highest BCUT2D eigenvalue weighted by molar-refractivity contribution is 7.89. The SMILES string of the molecule is COc1c(N2CCOCC2=O)cc(F)cc1S(=O)(=O)N[C@@H](Cc1cc(-c2ccc(Cl)s2)on1)C(=O)N1CCC(OC)CC1. The minimum absolute atomic E-state index is 0.00668. The number of rotatable bonds is 10. The van der Waals surface area contributed by atoms with Crippen LogP contribution in [0.15, 0.2) is 39.8 Å². The van der Waals surface area contributed by atoms with Crippen LogP contribution in [0.1, 0.15) is 18.5 Å². The van der Waals surface area contributed by atoms with Gasteiger partial charge in [-0.05, 0) is 31.0 Å². The minimum atomic E-state index is -4.59. The topological polar surface area (TPSA) is 141 Å². The number of likely N-dealkylation sites (tertiary alicyclic amines) is 1. The van der Waals surface area contributed by atoms with Gasteiger partial charge in [0.1, 0.15) is 23.4 Å². The number of piperidine rings is 1. The fourth-order valence-electron chi connectivity index (χ4n) is 5.08. The van der Waals surface area contributed by atoms with Crippen molar-refractivity contribution < 1.29 is 41.1 Å². The molecule has 0 unspecified atom stereocenters. The number of aromatic nitrogens is 1. The summed E-state index contributed by atoms with van der Waals surface area (Å²) in [7, 11) is -1.77. The molecule has 0 radical (unpaired) electrons. The predicted octanol–water partition coefficient (Wildman–Crippen LogP) is 3.09. The largest absolute Gasteiger partial charge is 0.493 e. The van der Waals surface area contributed by atoms with Crippen molar-refractivity contribution in [3.8, 4) is 16.4 Å². The Morgan fingerprint density at radius 3 is 2.65 bits per heavy atom. The first-order valence-corrected chi connectivity index (χ1v) is 16.1. The second-order valence-corrected chi connectivity index (χ2v) is 13.4. The van der Waals surface area contributed by atoms with E-state index in [2.05, 4.69) is 9.88 Å². The lowest BCUT2D eigenvalue weighted by Crippen LogP contribution is -2.52. The van der Waals surface area contributed by atoms with Gasteiger partial charge in [-0.2, -0.15) is 4.72 Å². The van der Waals surface area contributed by atoms with E-state index in [1.165, 1.54) is 23.3 Å². The number of sulfonamides is 1. The Morgan fingerprint density at radius 2 is 2.00 bits per heavy atom. The van der Waals surface area contributed by atoms with Crippen molar-refractivity contribution in [1.82, 2.24) is 14.8 Å². The number of anilines is 1. The Hall–Kier alpha value is -3.08. The number of benzene rings is 1. The van der Waals surface area contributed by atoms with Crippen molar-refractivity contribution in [2.75, 3.05) is 52.0 Å². The minimum Gasteiger partial charge on any atom is -0.493 e. The summed E-state index contributed by atoms with van der Waals surface area (Å²) < 4.78 is 67.0. The predicted molar refractivity (Wildman–Crippen MR) is 155 cm³/mol.